The fraction of sp³-hybridized carbons (Fsp3) is 0.400. The zero-order chi connectivity index (χ0) is 14.8. The molecule has 1 unspecified atom stereocenters. The van der Waals surface area contributed by atoms with E-state index >= 15 is 0 Å². The standard InChI is InChI=1S/C15H17N3O3/c1-21-8-10-4-5-18(7-10)14-12-3-2-11(15(19)20)6-13(12)16-9-17-14/h2-3,6,9-10H,4-5,7-8H2,1H3,(H,19,20). The van der Waals surface area contributed by atoms with E-state index in [1.54, 1.807) is 25.3 Å². The minimum Gasteiger partial charge on any atom is -0.478 e. The van der Waals surface area contributed by atoms with Gasteiger partial charge in [0.1, 0.15) is 12.1 Å². The molecule has 21 heavy (non-hydrogen) atoms. The lowest BCUT2D eigenvalue weighted by Crippen LogP contribution is -2.22. The maximum absolute atomic E-state index is 11.0. The summed E-state index contributed by atoms with van der Waals surface area (Å²) in [7, 11) is 1.72. The largest absolute Gasteiger partial charge is 0.478 e. The van der Waals surface area contributed by atoms with Crippen molar-refractivity contribution >= 4 is 22.7 Å². The van der Waals surface area contributed by atoms with Crippen molar-refractivity contribution in [1.29, 1.82) is 0 Å². The second kappa shape index (κ2) is 5.65. The smallest absolute Gasteiger partial charge is 0.335 e. The molecule has 0 saturated carbocycles. The zero-order valence-electron chi connectivity index (χ0n) is 11.8. The third-order valence-corrected chi connectivity index (χ3v) is 3.85. The Bertz CT molecular complexity index is 674. The highest BCUT2D eigenvalue weighted by Crippen LogP contribution is 2.28. The van der Waals surface area contributed by atoms with Crippen molar-refractivity contribution in [2.24, 2.45) is 5.92 Å². The summed E-state index contributed by atoms with van der Waals surface area (Å²) in [6, 6.07) is 4.98. The van der Waals surface area contributed by atoms with Crippen LogP contribution in [0.1, 0.15) is 16.8 Å². The second-order valence-corrected chi connectivity index (χ2v) is 5.29. The summed E-state index contributed by atoms with van der Waals surface area (Å²) in [5, 5.41) is 9.94. The van der Waals surface area contributed by atoms with Crippen molar-refractivity contribution in [3.8, 4) is 0 Å². The number of hydrogen-bond acceptors (Lipinski definition) is 5. The van der Waals surface area contributed by atoms with Crippen molar-refractivity contribution in [2.45, 2.75) is 6.42 Å². The average molecular weight is 287 g/mol. The number of aromatic nitrogens is 2. The zero-order valence-corrected chi connectivity index (χ0v) is 11.8. The molecule has 0 spiro atoms. The normalized spacial score (nSPS) is 18.3. The van der Waals surface area contributed by atoms with E-state index in [4.69, 9.17) is 9.84 Å². The van der Waals surface area contributed by atoms with Crippen LogP contribution in [0.5, 0.6) is 0 Å². The van der Waals surface area contributed by atoms with Crippen LogP contribution in [0.2, 0.25) is 0 Å². The van der Waals surface area contributed by atoms with E-state index in [0.29, 0.717) is 11.4 Å². The molecular weight excluding hydrogens is 270 g/mol. The fourth-order valence-corrected chi connectivity index (χ4v) is 2.82. The van der Waals surface area contributed by atoms with Crippen molar-refractivity contribution < 1.29 is 14.6 Å². The minimum atomic E-state index is -0.946. The van der Waals surface area contributed by atoms with Crippen LogP contribution in [0.4, 0.5) is 5.82 Å². The molecule has 110 valence electrons. The number of benzene rings is 1. The number of carbonyl (C=O) groups is 1. The van der Waals surface area contributed by atoms with Crippen LogP contribution < -0.4 is 4.90 Å². The Kier molecular flexibility index (Phi) is 3.70. The number of fused-ring (bicyclic) bond motifs is 1. The molecule has 2 heterocycles. The van der Waals surface area contributed by atoms with Gasteiger partial charge in [0.15, 0.2) is 0 Å². The molecule has 0 aliphatic carbocycles. The van der Waals surface area contributed by atoms with Gasteiger partial charge in [0, 0.05) is 31.5 Å². The minimum absolute atomic E-state index is 0.242. The summed E-state index contributed by atoms with van der Waals surface area (Å²) in [5.74, 6) is 0.437. The Hall–Kier alpha value is -2.21. The number of carboxylic acid groups (broad SMARTS) is 1. The first-order chi connectivity index (χ1) is 10.2. The summed E-state index contributed by atoms with van der Waals surface area (Å²) < 4.78 is 5.21. The Morgan fingerprint density at radius 3 is 3.10 bits per heavy atom. The van der Waals surface area contributed by atoms with Crippen LogP contribution in [0.25, 0.3) is 10.9 Å². The topological polar surface area (TPSA) is 75.5 Å². The molecule has 1 aliphatic rings. The number of nitrogens with zero attached hydrogens (tertiary/aromatic N) is 3. The van der Waals surface area contributed by atoms with Gasteiger partial charge in [0.2, 0.25) is 0 Å². The van der Waals surface area contributed by atoms with Gasteiger partial charge in [0.05, 0.1) is 17.7 Å². The van der Waals surface area contributed by atoms with Gasteiger partial charge in [-0.3, -0.25) is 0 Å². The van der Waals surface area contributed by atoms with Gasteiger partial charge in [0.25, 0.3) is 0 Å². The number of aromatic carboxylic acids is 1. The maximum atomic E-state index is 11.0. The van der Waals surface area contributed by atoms with E-state index in [9.17, 15) is 4.79 Å². The molecule has 1 fully saturated rings. The van der Waals surface area contributed by atoms with Crippen molar-refractivity contribution in [3.63, 3.8) is 0 Å². The Labute approximate surface area is 122 Å². The van der Waals surface area contributed by atoms with Crippen molar-refractivity contribution in [1.82, 2.24) is 9.97 Å². The molecule has 1 N–H and O–H groups in total. The Balaban J connectivity index is 1.94. The maximum Gasteiger partial charge on any atom is 0.335 e. The first-order valence-electron chi connectivity index (χ1n) is 6.91. The molecule has 0 radical (unpaired) electrons. The van der Waals surface area contributed by atoms with E-state index < -0.39 is 5.97 Å². The third kappa shape index (κ3) is 2.67. The number of anilines is 1. The molecule has 1 atom stereocenters. The SMILES string of the molecule is COCC1CCN(c2ncnc3cc(C(=O)O)ccc23)C1. The van der Waals surface area contributed by atoms with Crippen LogP contribution in [0, 0.1) is 5.92 Å². The highest BCUT2D eigenvalue weighted by molar-refractivity contribution is 5.96. The van der Waals surface area contributed by atoms with Crippen LogP contribution in [-0.2, 0) is 4.74 Å². The average Bonchev–Trinajstić information content (AvgIpc) is 2.95. The summed E-state index contributed by atoms with van der Waals surface area (Å²) in [6.07, 6.45) is 2.57. The van der Waals surface area contributed by atoms with E-state index in [0.717, 1.165) is 37.3 Å². The second-order valence-electron chi connectivity index (χ2n) is 5.29. The van der Waals surface area contributed by atoms with Gasteiger partial charge < -0.3 is 14.7 Å². The van der Waals surface area contributed by atoms with E-state index in [1.807, 2.05) is 0 Å². The lowest BCUT2D eigenvalue weighted by atomic mass is 10.1. The lowest BCUT2D eigenvalue weighted by molar-refractivity contribution is 0.0697. The molecular formula is C15H17N3O3. The summed E-state index contributed by atoms with van der Waals surface area (Å²) in [5.41, 5.74) is 0.904. The molecule has 2 aromatic rings. The molecule has 1 aliphatic heterocycles. The summed E-state index contributed by atoms with van der Waals surface area (Å²) in [6.45, 7) is 2.59. The fourth-order valence-electron chi connectivity index (χ4n) is 2.82. The first kappa shape index (κ1) is 13.8. The number of rotatable bonds is 4. The molecule has 1 aromatic heterocycles. The van der Waals surface area contributed by atoms with Crippen molar-refractivity contribution in [2.75, 3.05) is 31.7 Å². The van der Waals surface area contributed by atoms with E-state index in [-0.39, 0.29) is 5.56 Å². The molecule has 3 rings (SSSR count). The first-order valence-corrected chi connectivity index (χ1v) is 6.91. The predicted molar refractivity (Wildman–Crippen MR) is 78.7 cm³/mol. The van der Waals surface area contributed by atoms with Gasteiger partial charge in [-0.25, -0.2) is 14.8 Å². The van der Waals surface area contributed by atoms with Gasteiger partial charge >= 0.3 is 5.97 Å². The van der Waals surface area contributed by atoms with Gasteiger partial charge in [-0.15, -0.1) is 0 Å². The number of carboxylic acids is 1. The van der Waals surface area contributed by atoms with Crippen LogP contribution in [0.3, 0.4) is 0 Å². The highest BCUT2D eigenvalue weighted by Gasteiger charge is 2.24. The molecule has 1 aromatic carbocycles. The molecule has 6 heteroatoms. The van der Waals surface area contributed by atoms with Crippen LogP contribution >= 0.6 is 0 Å². The number of methoxy groups -OCH3 is 1. The van der Waals surface area contributed by atoms with Crippen LogP contribution in [0.15, 0.2) is 24.5 Å². The van der Waals surface area contributed by atoms with Gasteiger partial charge in [-0.2, -0.15) is 0 Å². The van der Waals surface area contributed by atoms with E-state index in [2.05, 4.69) is 14.9 Å². The molecule has 0 amide bonds. The number of ether oxygens (including phenoxy) is 1. The Morgan fingerprint density at radius 2 is 2.33 bits per heavy atom. The summed E-state index contributed by atoms with van der Waals surface area (Å²) in [4.78, 5) is 21.8. The quantitative estimate of drug-likeness (QED) is 0.924. The van der Waals surface area contributed by atoms with E-state index in [1.165, 1.54) is 6.33 Å². The monoisotopic (exact) mass is 287 g/mol. The molecule has 6 nitrogen and oxygen atoms in total. The Morgan fingerprint density at radius 1 is 1.48 bits per heavy atom. The third-order valence-electron chi connectivity index (χ3n) is 3.85. The van der Waals surface area contributed by atoms with Gasteiger partial charge in [-0.1, -0.05) is 0 Å². The lowest BCUT2D eigenvalue weighted by Gasteiger charge is -2.19. The molecule has 1 saturated heterocycles. The summed E-state index contributed by atoms with van der Waals surface area (Å²) >= 11 is 0. The van der Waals surface area contributed by atoms with Gasteiger partial charge in [-0.05, 0) is 24.6 Å². The van der Waals surface area contributed by atoms with Crippen LogP contribution in [-0.4, -0.2) is 47.8 Å². The highest BCUT2D eigenvalue weighted by atomic mass is 16.5. The molecule has 0 bridgehead atoms. The number of hydrogen-bond donors (Lipinski definition) is 1. The van der Waals surface area contributed by atoms with Crippen molar-refractivity contribution in [3.05, 3.63) is 30.1 Å². The predicted octanol–water partition coefficient (Wildman–Crippen LogP) is 1.80.